The van der Waals surface area contributed by atoms with Crippen LogP contribution in [-0.4, -0.2) is 0 Å². The summed E-state index contributed by atoms with van der Waals surface area (Å²) in [4.78, 5) is 2.55. The lowest BCUT2D eigenvalue weighted by Crippen LogP contribution is -2.28. The van der Waals surface area contributed by atoms with E-state index in [0.717, 1.165) is 17.1 Å². The topological polar surface area (TPSA) is 3.24 Å². The number of fused-ring (bicyclic) bond motifs is 9. The molecule has 0 heterocycles. The Kier molecular flexibility index (Phi) is 8.89. The molecule has 0 amide bonds. The average molecular weight is 870 g/mol. The van der Waals surface area contributed by atoms with Gasteiger partial charge in [0.15, 0.2) is 0 Å². The van der Waals surface area contributed by atoms with Gasteiger partial charge in [-0.15, -0.1) is 0 Å². The minimum absolute atomic E-state index is 0.0750. The minimum Gasteiger partial charge on any atom is -0.309 e. The SMILES string of the molecule is CC1(C)c2ccccc2-c2ccc(-c3ccc(N(c4ccccc4-c4cccc5c4-c4ccccc4C5(C)C)c4cccc5c4-c4ccccc4C5(c4ccccc4)c4ccccc4)cc3)cc21. The molecule has 10 aromatic rings. The van der Waals surface area contributed by atoms with Gasteiger partial charge in [0.25, 0.3) is 0 Å². The molecule has 324 valence electrons. The van der Waals surface area contributed by atoms with Crippen LogP contribution < -0.4 is 4.90 Å². The molecule has 0 saturated heterocycles. The van der Waals surface area contributed by atoms with Crippen LogP contribution in [-0.2, 0) is 16.2 Å². The van der Waals surface area contributed by atoms with Crippen LogP contribution in [0.15, 0.2) is 237 Å². The molecule has 68 heavy (non-hydrogen) atoms. The third kappa shape index (κ3) is 5.63. The summed E-state index contributed by atoms with van der Waals surface area (Å²) in [6.07, 6.45) is 0. The predicted octanol–water partition coefficient (Wildman–Crippen LogP) is 17.5. The first-order chi connectivity index (χ1) is 33.3. The zero-order valence-corrected chi connectivity index (χ0v) is 39.0. The van der Waals surface area contributed by atoms with E-state index in [1.807, 2.05) is 0 Å². The van der Waals surface area contributed by atoms with Crippen molar-refractivity contribution < 1.29 is 0 Å². The van der Waals surface area contributed by atoms with Crippen LogP contribution in [0.3, 0.4) is 0 Å². The van der Waals surface area contributed by atoms with Gasteiger partial charge in [0.05, 0.1) is 16.8 Å². The second-order valence-electron chi connectivity index (χ2n) is 20.0. The van der Waals surface area contributed by atoms with Gasteiger partial charge in [-0.05, 0) is 119 Å². The molecule has 0 bridgehead atoms. The maximum atomic E-state index is 2.55. The zero-order valence-electron chi connectivity index (χ0n) is 39.0. The smallest absolute Gasteiger partial charge is 0.0714 e. The van der Waals surface area contributed by atoms with E-state index in [1.54, 1.807) is 0 Å². The van der Waals surface area contributed by atoms with Crippen molar-refractivity contribution in [3.05, 3.63) is 281 Å². The van der Waals surface area contributed by atoms with Gasteiger partial charge in [-0.1, -0.05) is 234 Å². The molecule has 1 heteroatoms. The first-order valence-corrected chi connectivity index (χ1v) is 24.1. The second kappa shape index (κ2) is 15.0. The molecule has 1 nitrogen and oxygen atoms in total. The molecule has 10 aromatic carbocycles. The molecule has 3 aliphatic carbocycles. The summed E-state index contributed by atoms with van der Waals surface area (Å²) in [5.41, 5.74) is 26.0. The van der Waals surface area contributed by atoms with Crippen LogP contribution in [0.5, 0.6) is 0 Å². The minimum atomic E-state index is -0.532. The monoisotopic (exact) mass is 869 g/mol. The highest BCUT2D eigenvalue weighted by atomic mass is 15.1. The van der Waals surface area contributed by atoms with Crippen molar-refractivity contribution in [2.24, 2.45) is 0 Å². The summed E-state index contributed by atoms with van der Waals surface area (Å²) in [5, 5.41) is 0. The summed E-state index contributed by atoms with van der Waals surface area (Å²) >= 11 is 0. The van der Waals surface area contributed by atoms with Gasteiger partial charge in [-0.25, -0.2) is 0 Å². The first-order valence-electron chi connectivity index (χ1n) is 24.1. The quantitative estimate of drug-likeness (QED) is 0.154. The Morgan fingerprint density at radius 1 is 0.279 bits per heavy atom. The molecule has 13 rings (SSSR count). The molecular weight excluding hydrogens is 819 g/mol. The van der Waals surface area contributed by atoms with Gasteiger partial charge in [-0.2, -0.15) is 0 Å². The van der Waals surface area contributed by atoms with Gasteiger partial charge in [0.2, 0.25) is 0 Å². The molecular formula is C67H51N. The maximum absolute atomic E-state index is 2.55. The van der Waals surface area contributed by atoms with E-state index < -0.39 is 5.41 Å². The van der Waals surface area contributed by atoms with Crippen LogP contribution in [0, 0.1) is 0 Å². The summed E-state index contributed by atoms with van der Waals surface area (Å²) in [7, 11) is 0. The van der Waals surface area contributed by atoms with Crippen molar-refractivity contribution in [3.63, 3.8) is 0 Å². The molecule has 0 unspecified atom stereocenters. The third-order valence-electron chi connectivity index (χ3n) is 15.8. The highest BCUT2D eigenvalue weighted by Gasteiger charge is 2.47. The van der Waals surface area contributed by atoms with Crippen LogP contribution in [0.1, 0.15) is 72.2 Å². The number of rotatable bonds is 7. The van der Waals surface area contributed by atoms with Crippen LogP contribution in [0.4, 0.5) is 17.1 Å². The van der Waals surface area contributed by atoms with Crippen molar-refractivity contribution in [2.75, 3.05) is 4.90 Å². The van der Waals surface area contributed by atoms with E-state index >= 15 is 0 Å². The normalized spacial score (nSPS) is 14.8. The molecule has 0 aliphatic heterocycles. The number of para-hydroxylation sites is 1. The average Bonchev–Trinajstić information content (AvgIpc) is 3.92. The standard InChI is InChI=1S/C67H51N/c1-65(2)56-31-16-12-27-53(56)63-52(29-19-33-58(63)65)51-26-14-18-35-61(51)68(48-40-37-44(38-41-48)45-39-42-50-49-25-11-15-30-55(49)66(3,4)60(50)43-45)62-36-20-34-59-64(62)54-28-13-17-32-57(54)67(59,46-21-7-5-8-22-46)47-23-9-6-10-24-47/h5-43H,1-4H3. The molecule has 0 N–H and O–H groups in total. The second-order valence-corrected chi connectivity index (χ2v) is 20.0. The number of anilines is 3. The van der Waals surface area contributed by atoms with Crippen LogP contribution >= 0.6 is 0 Å². The van der Waals surface area contributed by atoms with Gasteiger partial charge in [0.1, 0.15) is 0 Å². The Hall–Kier alpha value is -8.00. The fourth-order valence-electron chi connectivity index (χ4n) is 12.6. The molecule has 0 saturated carbocycles. The molecule has 3 aliphatic rings. The van der Waals surface area contributed by atoms with E-state index in [-0.39, 0.29) is 10.8 Å². The van der Waals surface area contributed by atoms with Crippen LogP contribution in [0.25, 0.3) is 55.6 Å². The fraction of sp³-hybridized carbons (Fsp3) is 0.104. The lowest BCUT2D eigenvalue weighted by atomic mass is 9.68. The van der Waals surface area contributed by atoms with Crippen molar-refractivity contribution in [1.29, 1.82) is 0 Å². The zero-order chi connectivity index (χ0) is 45.8. The molecule has 0 spiro atoms. The summed E-state index contributed by atoms with van der Waals surface area (Å²) in [5.74, 6) is 0. The number of nitrogens with zero attached hydrogens (tertiary/aromatic N) is 1. The number of benzene rings is 10. The van der Waals surface area contributed by atoms with Crippen LogP contribution in [0.2, 0.25) is 0 Å². The van der Waals surface area contributed by atoms with Crippen molar-refractivity contribution in [2.45, 2.75) is 43.9 Å². The summed E-state index contributed by atoms with van der Waals surface area (Å²) in [6, 6.07) is 88.7. The molecule has 0 radical (unpaired) electrons. The van der Waals surface area contributed by atoms with Crippen molar-refractivity contribution >= 4 is 17.1 Å². The molecule has 0 fully saturated rings. The van der Waals surface area contributed by atoms with Crippen molar-refractivity contribution in [1.82, 2.24) is 0 Å². The Morgan fingerprint density at radius 3 is 1.43 bits per heavy atom. The number of hydrogen-bond donors (Lipinski definition) is 0. The highest BCUT2D eigenvalue weighted by molar-refractivity contribution is 6.02. The Morgan fingerprint density at radius 2 is 0.735 bits per heavy atom. The third-order valence-corrected chi connectivity index (χ3v) is 15.8. The highest BCUT2D eigenvalue weighted by Crippen LogP contribution is 2.61. The van der Waals surface area contributed by atoms with Crippen molar-refractivity contribution in [3.8, 4) is 55.6 Å². The predicted molar refractivity (Wildman–Crippen MR) is 284 cm³/mol. The lowest BCUT2D eigenvalue weighted by Gasteiger charge is -2.34. The fourth-order valence-corrected chi connectivity index (χ4v) is 12.6. The van der Waals surface area contributed by atoms with Gasteiger partial charge >= 0.3 is 0 Å². The Labute approximate surface area is 400 Å². The number of hydrogen-bond acceptors (Lipinski definition) is 1. The van der Waals surface area contributed by atoms with Gasteiger partial charge < -0.3 is 4.90 Å². The summed E-state index contributed by atoms with van der Waals surface area (Å²) in [6.45, 7) is 9.47. The van der Waals surface area contributed by atoms with Gasteiger partial charge in [0, 0.05) is 27.6 Å². The van der Waals surface area contributed by atoms with E-state index in [4.69, 9.17) is 0 Å². The maximum Gasteiger partial charge on any atom is 0.0714 e. The Bertz CT molecular complexity index is 3570. The largest absolute Gasteiger partial charge is 0.309 e. The van der Waals surface area contributed by atoms with E-state index in [0.29, 0.717) is 0 Å². The molecule has 0 atom stereocenters. The lowest BCUT2D eigenvalue weighted by molar-refractivity contribution is 0.660. The van der Waals surface area contributed by atoms with E-state index in [1.165, 1.54) is 100 Å². The summed E-state index contributed by atoms with van der Waals surface area (Å²) < 4.78 is 0. The van der Waals surface area contributed by atoms with E-state index in [2.05, 4.69) is 269 Å². The molecule has 0 aromatic heterocycles. The van der Waals surface area contributed by atoms with E-state index in [9.17, 15) is 0 Å². The first kappa shape index (κ1) is 40.3. The van der Waals surface area contributed by atoms with Gasteiger partial charge in [-0.3, -0.25) is 0 Å². The Balaban J connectivity index is 1.05.